The van der Waals surface area contributed by atoms with Gasteiger partial charge >= 0.3 is 41.9 Å². The van der Waals surface area contributed by atoms with Gasteiger partial charge in [0.15, 0.2) is 6.10 Å². The van der Waals surface area contributed by atoms with Crippen LogP contribution in [0.15, 0.2) is 24.3 Å². The molecule has 2 rings (SSSR count). The van der Waals surface area contributed by atoms with Gasteiger partial charge in [0.1, 0.15) is 18.5 Å². The van der Waals surface area contributed by atoms with Crippen molar-refractivity contribution in [1.82, 2.24) is 4.90 Å². The van der Waals surface area contributed by atoms with Gasteiger partial charge in [0.2, 0.25) is 0 Å². The highest BCUT2D eigenvalue weighted by atomic mass is 19.4. The Balaban J connectivity index is 2.21. The highest BCUT2D eigenvalue weighted by molar-refractivity contribution is 5.72. The molecule has 0 bridgehead atoms. The minimum Gasteiger partial charge on any atom is -0.492 e. The van der Waals surface area contributed by atoms with E-state index in [0.29, 0.717) is 18.4 Å². The van der Waals surface area contributed by atoms with Gasteiger partial charge in [-0.05, 0) is 50.3 Å². The van der Waals surface area contributed by atoms with Gasteiger partial charge in [-0.1, -0.05) is 18.6 Å². The number of hydrogen-bond acceptors (Lipinski definition) is 5. The summed E-state index contributed by atoms with van der Waals surface area (Å²) in [5.74, 6) is -30.0. The van der Waals surface area contributed by atoms with Crippen molar-refractivity contribution in [3.05, 3.63) is 29.8 Å². The fraction of sp³-hybridized carbons (Fsp3) is 0.692. The minimum atomic E-state index is -7.61. The zero-order valence-corrected chi connectivity index (χ0v) is 23.1. The van der Waals surface area contributed by atoms with E-state index >= 15 is 0 Å². The van der Waals surface area contributed by atoms with Gasteiger partial charge in [-0.2, -0.15) is 48.3 Å². The van der Waals surface area contributed by atoms with Crippen LogP contribution in [0.3, 0.4) is 0 Å². The third-order valence-corrected chi connectivity index (χ3v) is 6.69. The Morgan fingerprint density at radius 2 is 1.45 bits per heavy atom. The molecule has 1 fully saturated rings. The van der Waals surface area contributed by atoms with Crippen molar-refractivity contribution in [3.63, 3.8) is 0 Å². The van der Waals surface area contributed by atoms with Crippen molar-refractivity contribution in [3.8, 4) is 5.75 Å². The average molecular weight is 662 g/mol. The van der Waals surface area contributed by atoms with E-state index in [-0.39, 0.29) is 36.5 Å². The van der Waals surface area contributed by atoms with Crippen molar-refractivity contribution < 1.29 is 77.2 Å². The predicted molar refractivity (Wildman–Crippen MR) is 129 cm³/mol. The van der Waals surface area contributed by atoms with Crippen molar-refractivity contribution in [2.24, 2.45) is 0 Å². The maximum atomic E-state index is 14.5. The molecular formula is C26H30F11NO6. The molecule has 0 radical (unpaired) electrons. The van der Waals surface area contributed by atoms with Crippen LogP contribution in [0.1, 0.15) is 44.6 Å². The molecule has 0 spiro atoms. The molecule has 18 heteroatoms. The van der Waals surface area contributed by atoms with Crippen LogP contribution in [0.25, 0.3) is 0 Å². The number of carboxylic acids is 1. The molecule has 44 heavy (non-hydrogen) atoms. The number of alkyl halides is 11. The second-order valence-electron chi connectivity index (χ2n) is 9.97. The van der Waals surface area contributed by atoms with E-state index < -0.39 is 73.8 Å². The van der Waals surface area contributed by atoms with Crippen LogP contribution in [0, 0.1) is 0 Å². The number of benzene rings is 1. The van der Waals surface area contributed by atoms with Crippen LogP contribution in [-0.4, -0.2) is 90.4 Å². The summed E-state index contributed by atoms with van der Waals surface area (Å²) in [5, 5.41) is 9.17. The van der Waals surface area contributed by atoms with Gasteiger partial charge in [0, 0.05) is 13.0 Å². The predicted octanol–water partition coefficient (Wildman–Crippen LogP) is 6.97. The minimum absolute atomic E-state index is 0.00826. The smallest absolute Gasteiger partial charge is 0.460 e. The molecule has 0 aromatic heterocycles. The first-order chi connectivity index (χ1) is 20.2. The van der Waals surface area contributed by atoms with Crippen LogP contribution in [-0.2, 0) is 20.7 Å². The Kier molecular flexibility index (Phi) is 12.1. The molecule has 1 amide bonds. The SMILES string of the molecule is CCOC(Cc1ccc(OCCN(CC(F)(F)C(F)(F)C(F)(F)C(F)(F)C(F)(F)F)C(=O)OC2CCCCC2)cc1)C(=O)O. The standard InChI is InChI=1S/C26H30F11NO6/c1-2-42-19(20(39)40)14-16-8-10-17(11-9-16)43-13-12-38(21(41)44-18-6-4-3-5-7-18)15-22(27,28)23(29,30)24(31,32)25(33,34)26(35,36)37/h8-11,18-19H,2-7,12-15H2,1H3,(H,39,40). The second kappa shape index (κ2) is 14.4. The second-order valence-corrected chi connectivity index (χ2v) is 9.97. The summed E-state index contributed by atoms with van der Waals surface area (Å²) in [6.45, 7) is -2.85. The first-order valence-corrected chi connectivity index (χ1v) is 13.3. The number of hydrogen-bond donors (Lipinski definition) is 1. The summed E-state index contributed by atoms with van der Waals surface area (Å²) in [6.07, 6.45) is -8.81. The van der Waals surface area contributed by atoms with Crippen LogP contribution in [0.2, 0.25) is 0 Å². The molecule has 0 heterocycles. The zero-order valence-electron chi connectivity index (χ0n) is 23.1. The molecule has 1 aromatic rings. The summed E-state index contributed by atoms with van der Waals surface area (Å²) >= 11 is 0. The van der Waals surface area contributed by atoms with Gasteiger partial charge in [-0.15, -0.1) is 0 Å². The maximum absolute atomic E-state index is 14.5. The van der Waals surface area contributed by atoms with E-state index in [2.05, 4.69) is 0 Å². The fourth-order valence-electron chi connectivity index (χ4n) is 4.21. The topological polar surface area (TPSA) is 85.3 Å². The molecule has 1 atom stereocenters. The van der Waals surface area contributed by atoms with Crippen molar-refractivity contribution in [2.45, 2.75) is 87.5 Å². The molecule has 252 valence electrons. The summed E-state index contributed by atoms with van der Waals surface area (Å²) in [4.78, 5) is 23.6. The van der Waals surface area contributed by atoms with E-state index in [1.165, 1.54) is 24.3 Å². The number of carbonyl (C=O) groups is 2. The molecule has 1 aromatic carbocycles. The van der Waals surface area contributed by atoms with Gasteiger partial charge in [0.25, 0.3) is 0 Å². The highest BCUT2D eigenvalue weighted by Gasteiger charge is 2.87. The van der Waals surface area contributed by atoms with E-state index in [0.717, 1.165) is 6.42 Å². The number of halogens is 11. The van der Waals surface area contributed by atoms with Gasteiger partial charge in [-0.25, -0.2) is 9.59 Å². The molecular weight excluding hydrogens is 631 g/mol. The number of aliphatic carboxylic acids is 1. The number of nitrogens with zero attached hydrogens (tertiary/aromatic N) is 1. The Bertz CT molecular complexity index is 1090. The van der Waals surface area contributed by atoms with Crippen LogP contribution < -0.4 is 4.74 Å². The summed E-state index contributed by atoms with van der Waals surface area (Å²) in [6, 6.07) is 5.37. The molecule has 1 unspecified atom stereocenters. The third kappa shape index (κ3) is 8.56. The molecule has 1 saturated carbocycles. The van der Waals surface area contributed by atoms with Crippen LogP contribution >= 0.6 is 0 Å². The van der Waals surface area contributed by atoms with E-state index in [1.54, 1.807) is 6.92 Å². The van der Waals surface area contributed by atoms with Gasteiger partial charge in [-0.3, -0.25) is 4.90 Å². The summed E-state index contributed by atoms with van der Waals surface area (Å²) in [7, 11) is 0. The molecule has 1 aliphatic carbocycles. The lowest BCUT2D eigenvalue weighted by Crippen LogP contribution is -2.68. The molecule has 1 aliphatic rings. The number of carbonyl (C=O) groups excluding carboxylic acids is 1. The number of amides is 1. The average Bonchev–Trinajstić information content (AvgIpc) is 2.92. The van der Waals surface area contributed by atoms with Crippen LogP contribution in [0.4, 0.5) is 53.1 Å². The lowest BCUT2D eigenvalue weighted by molar-refractivity contribution is -0.422. The largest absolute Gasteiger partial charge is 0.492 e. The fourth-order valence-corrected chi connectivity index (χ4v) is 4.21. The maximum Gasteiger partial charge on any atom is 0.460 e. The van der Waals surface area contributed by atoms with Crippen molar-refractivity contribution in [1.29, 1.82) is 0 Å². The van der Waals surface area contributed by atoms with E-state index in [4.69, 9.17) is 19.3 Å². The number of carboxylic acid groups (broad SMARTS) is 1. The van der Waals surface area contributed by atoms with Crippen molar-refractivity contribution >= 4 is 12.1 Å². The Morgan fingerprint density at radius 3 is 1.95 bits per heavy atom. The van der Waals surface area contributed by atoms with E-state index in [9.17, 15) is 57.9 Å². The summed E-state index contributed by atoms with van der Waals surface area (Å²) < 4.78 is 164. The van der Waals surface area contributed by atoms with Gasteiger partial charge in [0.05, 0.1) is 13.1 Å². The molecule has 1 N–H and O–H groups in total. The number of rotatable bonds is 15. The first kappa shape index (κ1) is 37.1. The zero-order chi connectivity index (χ0) is 33.6. The molecule has 0 aliphatic heterocycles. The quantitative estimate of drug-likeness (QED) is 0.205. The molecule has 7 nitrogen and oxygen atoms in total. The normalized spacial score (nSPS) is 16.4. The first-order valence-electron chi connectivity index (χ1n) is 13.3. The molecule has 0 saturated heterocycles. The Hall–Kier alpha value is -3.05. The van der Waals surface area contributed by atoms with Gasteiger partial charge < -0.3 is 19.3 Å². The lowest BCUT2D eigenvalue weighted by atomic mass is 9.97. The van der Waals surface area contributed by atoms with Crippen LogP contribution in [0.5, 0.6) is 5.75 Å². The highest BCUT2D eigenvalue weighted by Crippen LogP contribution is 2.57. The third-order valence-electron chi connectivity index (χ3n) is 6.69. The Morgan fingerprint density at radius 1 is 0.886 bits per heavy atom. The van der Waals surface area contributed by atoms with E-state index in [1.807, 2.05) is 0 Å². The summed E-state index contributed by atoms with van der Waals surface area (Å²) in [5.41, 5.74) is 0.467. The monoisotopic (exact) mass is 661 g/mol. The number of ether oxygens (including phenoxy) is 3. The Labute approximate surface area is 244 Å². The lowest BCUT2D eigenvalue weighted by Gasteiger charge is -2.39. The van der Waals surface area contributed by atoms with Crippen molar-refractivity contribution in [2.75, 3.05) is 26.3 Å².